The maximum Gasteiger partial charge on any atom is 0.416 e. The van der Waals surface area contributed by atoms with E-state index in [4.69, 9.17) is 4.74 Å². The molecule has 0 radical (unpaired) electrons. The van der Waals surface area contributed by atoms with Crippen molar-refractivity contribution in [3.05, 3.63) is 64.7 Å². The van der Waals surface area contributed by atoms with E-state index >= 15 is 0 Å². The van der Waals surface area contributed by atoms with E-state index in [0.29, 0.717) is 31.7 Å². The predicted molar refractivity (Wildman–Crippen MR) is 162 cm³/mol. The van der Waals surface area contributed by atoms with Crippen molar-refractivity contribution in [3.63, 3.8) is 0 Å². The van der Waals surface area contributed by atoms with Crippen LogP contribution in [-0.4, -0.2) is 101 Å². The molecule has 10 nitrogen and oxygen atoms in total. The van der Waals surface area contributed by atoms with Crippen molar-refractivity contribution in [1.29, 1.82) is 0 Å². The number of nitrogens with zero attached hydrogens (tertiary/aromatic N) is 3. The minimum Gasteiger partial charge on any atom is -0.379 e. The number of morpholine rings is 1. The molecule has 3 aliphatic heterocycles. The van der Waals surface area contributed by atoms with Crippen molar-refractivity contribution in [1.82, 2.24) is 14.5 Å². The molecule has 246 valence electrons. The molecule has 0 unspecified atom stereocenters. The Morgan fingerprint density at radius 1 is 0.978 bits per heavy atom. The zero-order valence-corrected chi connectivity index (χ0v) is 26.6. The highest BCUT2D eigenvalue weighted by Gasteiger charge is 2.47. The SMILES string of the molecule is Cc1cc(S(=O)(=O)CCCN2CCOCC2)ccc1CCS(=O)(=O)N1CCC2(CC1)N=C(c1cccc(C(F)(F)F)c1)NC2=O. The number of hydrogen-bond acceptors (Lipinski definition) is 8. The molecule has 1 amide bonds. The number of benzene rings is 2. The molecule has 0 atom stereocenters. The van der Waals surface area contributed by atoms with Gasteiger partial charge in [-0.15, -0.1) is 0 Å². The van der Waals surface area contributed by atoms with Crippen LogP contribution in [0.3, 0.4) is 0 Å². The normalized spacial score (nSPS) is 19.9. The number of sulfone groups is 1. The number of amides is 1. The molecular formula is C30H37F3N4O6S2. The Bertz CT molecular complexity index is 1660. The molecule has 2 aromatic rings. The highest BCUT2D eigenvalue weighted by Crippen LogP contribution is 2.34. The molecule has 0 aliphatic carbocycles. The molecule has 2 fully saturated rings. The molecule has 0 aromatic heterocycles. The van der Waals surface area contributed by atoms with Gasteiger partial charge in [0.25, 0.3) is 5.91 Å². The summed E-state index contributed by atoms with van der Waals surface area (Å²) in [6, 6.07) is 9.33. The zero-order chi connectivity index (χ0) is 32.5. The van der Waals surface area contributed by atoms with Crippen LogP contribution < -0.4 is 5.32 Å². The minimum absolute atomic E-state index is 0.0253. The number of aryl methyl sites for hydroxylation is 2. The van der Waals surface area contributed by atoms with Crippen molar-refractivity contribution in [2.75, 3.05) is 57.4 Å². The van der Waals surface area contributed by atoms with Crippen molar-refractivity contribution in [3.8, 4) is 0 Å². The molecule has 1 spiro atoms. The fourth-order valence-electron chi connectivity index (χ4n) is 5.90. The van der Waals surface area contributed by atoms with Crippen molar-refractivity contribution >= 4 is 31.6 Å². The van der Waals surface area contributed by atoms with Crippen molar-refractivity contribution < 1.29 is 39.5 Å². The van der Waals surface area contributed by atoms with Gasteiger partial charge in [-0.05, 0) is 74.5 Å². The average Bonchev–Trinajstić information content (AvgIpc) is 3.31. The van der Waals surface area contributed by atoms with Crippen LogP contribution in [0.4, 0.5) is 13.2 Å². The zero-order valence-electron chi connectivity index (χ0n) is 25.0. The molecule has 3 aliphatic rings. The van der Waals surface area contributed by atoms with Crippen LogP contribution in [-0.2, 0) is 42.0 Å². The summed E-state index contributed by atoms with van der Waals surface area (Å²) in [5.74, 6) is -0.589. The number of piperidine rings is 1. The number of carbonyl (C=O) groups excluding carboxylic acids is 1. The van der Waals surface area contributed by atoms with E-state index < -0.39 is 43.0 Å². The summed E-state index contributed by atoms with van der Waals surface area (Å²) in [4.78, 5) is 19.7. The highest BCUT2D eigenvalue weighted by atomic mass is 32.2. The Hall–Kier alpha value is -2.85. The molecular weight excluding hydrogens is 633 g/mol. The second kappa shape index (κ2) is 13.1. The number of hydrogen-bond donors (Lipinski definition) is 1. The second-order valence-electron chi connectivity index (χ2n) is 11.7. The Balaban J connectivity index is 1.16. The first-order valence-corrected chi connectivity index (χ1v) is 18.1. The number of alkyl halides is 3. The smallest absolute Gasteiger partial charge is 0.379 e. The van der Waals surface area contributed by atoms with Gasteiger partial charge in [0.15, 0.2) is 9.84 Å². The summed E-state index contributed by atoms with van der Waals surface area (Å²) in [5, 5.41) is 2.58. The molecule has 2 aromatic carbocycles. The lowest BCUT2D eigenvalue weighted by molar-refractivity contribution is -0.137. The van der Waals surface area contributed by atoms with Crippen LogP contribution in [0.1, 0.15) is 41.5 Å². The first-order chi connectivity index (χ1) is 21.2. The van der Waals surface area contributed by atoms with Gasteiger partial charge in [0.1, 0.15) is 11.4 Å². The standard InChI is InChI=1S/C30H37F3N4O6S2/c1-22-20-26(44(39,40)18-3-11-36-14-16-43-17-15-36)7-6-23(22)8-19-45(41,42)37-12-9-29(10-13-37)28(38)34-27(35-29)24-4-2-5-25(21-24)30(31,32)33/h2,4-7,20-21H,3,8-19H2,1H3,(H,34,35,38). The van der Waals surface area contributed by atoms with Gasteiger partial charge < -0.3 is 10.1 Å². The second-order valence-corrected chi connectivity index (χ2v) is 15.9. The lowest BCUT2D eigenvalue weighted by Crippen LogP contribution is -2.50. The van der Waals surface area contributed by atoms with E-state index in [9.17, 15) is 34.8 Å². The third kappa shape index (κ3) is 7.76. The van der Waals surface area contributed by atoms with Crippen LogP contribution in [0.2, 0.25) is 0 Å². The van der Waals surface area contributed by atoms with Crippen LogP contribution >= 0.6 is 0 Å². The van der Waals surface area contributed by atoms with Gasteiger partial charge in [-0.2, -0.15) is 13.2 Å². The van der Waals surface area contributed by atoms with Gasteiger partial charge in [0.05, 0.1) is 35.2 Å². The number of ether oxygens (including phenoxy) is 1. The summed E-state index contributed by atoms with van der Waals surface area (Å²) >= 11 is 0. The monoisotopic (exact) mass is 670 g/mol. The Morgan fingerprint density at radius 3 is 2.36 bits per heavy atom. The first-order valence-electron chi connectivity index (χ1n) is 14.9. The van der Waals surface area contributed by atoms with Crippen LogP contribution in [0.5, 0.6) is 0 Å². The number of aliphatic imine (C=N–C) groups is 1. The third-order valence-corrected chi connectivity index (χ3v) is 12.4. The van der Waals surface area contributed by atoms with Gasteiger partial charge in [0.2, 0.25) is 10.0 Å². The fourth-order valence-corrected chi connectivity index (χ4v) is 8.75. The Kier molecular flexibility index (Phi) is 9.76. The fraction of sp³-hybridized carbons (Fsp3) is 0.533. The van der Waals surface area contributed by atoms with Crippen molar-refractivity contribution in [2.24, 2.45) is 4.99 Å². The number of halogens is 3. The molecule has 15 heteroatoms. The maximum absolute atomic E-state index is 13.2. The highest BCUT2D eigenvalue weighted by molar-refractivity contribution is 7.91. The lowest BCUT2D eigenvalue weighted by Gasteiger charge is -2.34. The van der Waals surface area contributed by atoms with Gasteiger partial charge in [-0.1, -0.05) is 18.2 Å². The summed E-state index contributed by atoms with van der Waals surface area (Å²) in [5.41, 5.74) is -0.548. The quantitative estimate of drug-likeness (QED) is 0.412. The summed E-state index contributed by atoms with van der Waals surface area (Å²) in [6.07, 6.45) is -3.66. The number of carbonyl (C=O) groups is 1. The lowest BCUT2D eigenvalue weighted by atomic mass is 9.89. The molecule has 5 rings (SSSR count). The minimum atomic E-state index is -4.54. The van der Waals surface area contributed by atoms with Crippen LogP contribution in [0.15, 0.2) is 52.4 Å². The largest absolute Gasteiger partial charge is 0.416 e. The van der Waals surface area contributed by atoms with E-state index in [1.807, 2.05) is 0 Å². The molecule has 2 saturated heterocycles. The van der Waals surface area contributed by atoms with E-state index in [0.717, 1.165) is 30.8 Å². The molecule has 1 N–H and O–H groups in total. The van der Waals surface area contributed by atoms with E-state index in [1.165, 1.54) is 22.5 Å². The number of nitrogens with one attached hydrogen (secondary N) is 1. The summed E-state index contributed by atoms with van der Waals surface area (Å²) in [6.45, 7) is 5.42. The number of sulfonamides is 1. The number of rotatable bonds is 10. The van der Waals surface area contributed by atoms with Gasteiger partial charge >= 0.3 is 6.18 Å². The summed E-state index contributed by atoms with van der Waals surface area (Å²) < 4.78 is 98.4. The van der Waals surface area contributed by atoms with E-state index in [2.05, 4.69) is 15.2 Å². The average molecular weight is 671 g/mol. The topological polar surface area (TPSA) is 125 Å². The van der Waals surface area contributed by atoms with Crippen molar-refractivity contribution in [2.45, 2.75) is 49.2 Å². The Labute approximate surface area is 261 Å². The molecule has 0 bridgehead atoms. The predicted octanol–water partition coefficient (Wildman–Crippen LogP) is 2.79. The number of amidine groups is 1. The third-order valence-electron chi connectivity index (χ3n) is 8.68. The molecule has 0 saturated carbocycles. The molecule has 3 heterocycles. The van der Waals surface area contributed by atoms with Crippen LogP contribution in [0, 0.1) is 6.92 Å². The van der Waals surface area contributed by atoms with E-state index in [-0.39, 0.29) is 60.2 Å². The molecule has 45 heavy (non-hydrogen) atoms. The first kappa shape index (κ1) is 33.5. The summed E-state index contributed by atoms with van der Waals surface area (Å²) in [7, 11) is -7.20. The van der Waals surface area contributed by atoms with E-state index in [1.54, 1.807) is 19.1 Å². The van der Waals surface area contributed by atoms with Gasteiger partial charge in [-0.25, -0.2) is 21.1 Å². The van der Waals surface area contributed by atoms with Crippen LogP contribution in [0.25, 0.3) is 0 Å². The Morgan fingerprint density at radius 2 is 1.69 bits per heavy atom. The maximum atomic E-state index is 13.2. The van der Waals surface area contributed by atoms with Gasteiger partial charge in [-0.3, -0.25) is 14.7 Å². The van der Waals surface area contributed by atoms with Gasteiger partial charge in [0, 0.05) is 31.7 Å².